The highest BCUT2D eigenvalue weighted by Gasteiger charge is 2.43. The molecule has 16 heteroatoms. The molecule has 11 nitrogen and oxygen atoms in total. The van der Waals surface area contributed by atoms with Gasteiger partial charge in [-0.25, -0.2) is 17.5 Å². The minimum absolute atomic E-state index is 0.0119. The van der Waals surface area contributed by atoms with E-state index < -0.39 is 58.4 Å². The van der Waals surface area contributed by atoms with Gasteiger partial charge >= 0.3 is 18.0 Å². The van der Waals surface area contributed by atoms with Crippen molar-refractivity contribution < 1.29 is 45.1 Å². The van der Waals surface area contributed by atoms with Crippen LogP contribution in [0.25, 0.3) is 0 Å². The van der Waals surface area contributed by atoms with Crippen LogP contribution in [-0.4, -0.2) is 73.6 Å². The number of carbonyl (C=O) groups excluding carboxylic acids is 3. The second kappa shape index (κ2) is 9.90. The van der Waals surface area contributed by atoms with Gasteiger partial charge in [-0.1, -0.05) is 0 Å². The number of anilines is 1. The van der Waals surface area contributed by atoms with Gasteiger partial charge in [-0.05, 0) is 30.7 Å². The molecule has 2 aliphatic rings. The van der Waals surface area contributed by atoms with Crippen LogP contribution in [0.1, 0.15) is 22.5 Å². The number of aryl methyl sites for hydroxylation is 2. The Kier molecular flexibility index (Phi) is 7.13. The van der Waals surface area contributed by atoms with Crippen LogP contribution in [0.3, 0.4) is 0 Å². The number of benzene rings is 1. The minimum Gasteiger partial charge on any atom is -0.485 e. The van der Waals surface area contributed by atoms with Crippen LogP contribution in [0.5, 0.6) is 5.75 Å². The van der Waals surface area contributed by atoms with Crippen molar-refractivity contribution in [1.29, 1.82) is 0 Å². The Hall–Kier alpha value is -3.66. The summed E-state index contributed by atoms with van der Waals surface area (Å²) < 4.78 is 86.5. The summed E-state index contributed by atoms with van der Waals surface area (Å²) in [6.07, 6.45) is -4.39. The predicted molar refractivity (Wildman–Crippen MR) is 123 cm³/mol. The number of aromatic nitrogens is 1. The number of sulfonamides is 1. The standard InChI is InChI=1S/C22H23F4N5O6S/c1-11-7-12(3-4-13(11)23)28-19(32)17-18-16(9-30(17)2)38(35,36)29-14-8-31(6-5-15(14)37-18)21(34)20(33)27-10-22(24,25)26/h3-4,7,9,14-15,29H,5-6,8,10H2,1-2H3,(H,27,33)(H,28,32). The van der Waals surface area contributed by atoms with Gasteiger partial charge < -0.3 is 24.8 Å². The normalized spacial score (nSPS) is 20.4. The maximum atomic E-state index is 13.6. The fourth-order valence-electron chi connectivity index (χ4n) is 4.24. The Balaban J connectivity index is 1.54. The number of likely N-dealkylation sites (tertiary alicyclic amines) is 1. The summed E-state index contributed by atoms with van der Waals surface area (Å²) in [5.41, 5.74) is 0.428. The summed E-state index contributed by atoms with van der Waals surface area (Å²) in [6.45, 7) is -0.641. The number of rotatable bonds is 3. The lowest BCUT2D eigenvalue weighted by atomic mass is 10.0. The zero-order valence-electron chi connectivity index (χ0n) is 20.1. The highest BCUT2D eigenvalue weighted by molar-refractivity contribution is 7.89. The van der Waals surface area contributed by atoms with Crippen molar-refractivity contribution in [1.82, 2.24) is 19.5 Å². The second-order valence-corrected chi connectivity index (χ2v) is 10.6. The first kappa shape index (κ1) is 27.4. The molecular weight excluding hydrogens is 538 g/mol. The Morgan fingerprint density at radius 1 is 1.24 bits per heavy atom. The van der Waals surface area contributed by atoms with E-state index >= 15 is 0 Å². The van der Waals surface area contributed by atoms with Crippen molar-refractivity contribution in [3.8, 4) is 5.75 Å². The van der Waals surface area contributed by atoms with Crippen LogP contribution in [-0.2, 0) is 26.7 Å². The molecule has 1 fully saturated rings. The number of fused-ring (bicyclic) bond motifs is 2. The molecule has 1 aromatic carbocycles. The van der Waals surface area contributed by atoms with E-state index in [1.807, 2.05) is 0 Å². The SMILES string of the molecule is Cc1cc(NC(=O)c2c3c(cn2C)S(=O)(=O)NC2CN(C(=O)C(=O)NCC(F)(F)F)CCC2O3)ccc1F. The van der Waals surface area contributed by atoms with E-state index in [9.17, 15) is 40.4 Å². The number of hydrogen-bond acceptors (Lipinski definition) is 6. The molecule has 2 aliphatic heterocycles. The molecule has 2 aromatic rings. The summed E-state index contributed by atoms with van der Waals surface area (Å²) in [7, 11) is -2.84. The third kappa shape index (κ3) is 5.60. The summed E-state index contributed by atoms with van der Waals surface area (Å²) in [5.74, 6) is -4.14. The van der Waals surface area contributed by atoms with Crippen molar-refractivity contribution in [2.45, 2.75) is 36.6 Å². The molecule has 38 heavy (non-hydrogen) atoms. The van der Waals surface area contributed by atoms with Crippen LogP contribution in [0.15, 0.2) is 29.3 Å². The molecule has 2 atom stereocenters. The van der Waals surface area contributed by atoms with E-state index in [4.69, 9.17) is 4.74 Å². The molecule has 206 valence electrons. The maximum absolute atomic E-state index is 13.6. The molecule has 1 aromatic heterocycles. The van der Waals surface area contributed by atoms with Crippen LogP contribution in [0.2, 0.25) is 0 Å². The zero-order valence-corrected chi connectivity index (χ0v) is 20.9. The van der Waals surface area contributed by atoms with Gasteiger partial charge in [-0.15, -0.1) is 0 Å². The largest absolute Gasteiger partial charge is 0.485 e. The van der Waals surface area contributed by atoms with Gasteiger partial charge in [0, 0.05) is 38.4 Å². The lowest BCUT2D eigenvalue weighted by Gasteiger charge is -2.36. The van der Waals surface area contributed by atoms with Gasteiger partial charge in [0.25, 0.3) is 5.91 Å². The van der Waals surface area contributed by atoms with E-state index in [1.54, 1.807) is 0 Å². The van der Waals surface area contributed by atoms with E-state index in [0.717, 1.165) is 4.90 Å². The molecule has 0 aliphatic carbocycles. The van der Waals surface area contributed by atoms with Crippen LogP contribution in [0.4, 0.5) is 23.2 Å². The van der Waals surface area contributed by atoms with Crippen molar-refractivity contribution >= 4 is 33.4 Å². The van der Waals surface area contributed by atoms with Gasteiger partial charge in [0.15, 0.2) is 11.4 Å². The van der Waals surface area contributed by atoms with Gasteiger partial charge in [-0.3, -0.25) is 14.4 Å². The molecule has 0 saturated carbocycles. The number of nitrogens with one attached hydrogen (secondary N) is 3. The number of amides is 3. The molecule has 3 heterocycles. The summed E-state index contributed by atoms with van der Waals surface area (Å²) >= 11 is 0. The Morgan fingerprint density at radius 2 is 1.95 bits per heavy atom. The first-order chi connectivity index (χ1) is 17.7. The molecule has 3 amide bonds. The molecule has 0 bridgehead atoms. The maximum Gasteiger partial charge on any atom is 0.405 e. The molecule has 2 unspecified atom stereocenters. The van der Waals surface area contributed by atoms with Crippen LogP contribution >= 0.6 is 0 Å². The van der Waals surface area contributed by atoms with Crippen molar-refractivity contribution in [3.63, 3.8) is 0 Å². The number of ether oxygens (including phenoxy) is 1. The summed E-state index contributed by atoms with van der Waals surface area (Å²) in [4.78, 5) is 37.9. The van der Waals surface area contributed by atoms with E-state index in [-0.39, 0.29) is 47.1 Å². The van der Waals surface area contributed by atoms with E-state index in [1.165, 1.54) is 48.3 Å². The quantitative estimate of drug-likeness (QED) is 0.378. The highest BCUT2D eigenvalue weighted by atomic mass is 32.2. The monoisotopic (exact) mass is 561 g/mol. The number of alkyl halides is 3. The van der Waals surface area contributed by atoms with Gasteiger partial charge in [-0.2, -0.15) is 13.2 Å². The number of carbonyl (C=O) groups is 3. The first-order valence-electron chi connectivity index (χ1n) is 11.3. The molecule has 0 spiro atoms. The topological polar surface area (TPSA) is 139 Å². The Labute approximate surface area is 214 Å². The first-order valence-corrected chi connectivity index (χ1v) is 12.7. The molecular formula is C22H23F4N5O6S. The van der Waals surface area contributed by atoms with Crippen LogP contribution < -0.4 is 20.1 Å². The third-order valence-corrected chi connectivity index (χ3v) is 7.56. The van der Waals surface area contributed by atoms with E-state index in [0.29, 0.717) is 0 Å². The molecule has 0 radical (unpaired) electrons. The summed E-state index contributed by atoms with van der Waals surface area (Å²) in [5, 5.41) is 4.07. The lowest BCUT2D eigenvalue weighted by Crippen LogP contribution is -2.59. The second-order valence-electron chi connectivity index (χ2n) is 8.92. The third-order valence-electron chi connectivity index (χ3n) is 6.08. The van der Waals surface area contributed by atoms with Crippen LogP contribution in [0, 0.1) is 12.7 Å². The smallest absolute Gasteiger partial charge is 0.405 e. The molecule has 4 rings (SSSR count). The minimum atomic E-state index is -4.71. The van der Waals surface area contributed by atoms with Gasteiger partial charge in [0.1, 0.15) is 23.4 Å². The predicted octanol–water partition coefficient (Wildman–Crippen LogP) is 1.04. The Morgan fingerprint density at radius 3 is 2.61 bits per heavy atom. The molecule has 1 saturated heterocycles. The van der Waals surface area contributed by atoms with Gasteiger partial charge in [0.05, 0.1) is 6.04 Å². The average molecular weight is 562 g/mol. The summed E-state index contributed by atoms with van der Waals surface area (Å²) in [6, 6.07) is 2.86. The number of piperidine rings is 1. The zero-order chi connectivity index (χ0) is 28.0. The molecule has 3 N–H and O–H groups in total. The van der Waals surface area contributed by atoms with Crippen molar-refractivity contribution in [2.75, 3.05) is 25.0 Å². The average Bonchev–Trinajstić information content (AvgIpc) is 3.11. The fraction of sp³-hybridized carbons (Fsp3) is 0.409. The number of hydrogen-bond donors (Lipinski definition) is 3. The highest BCUT2D eigenvalue weighted by Crippen LogP contribution is 2.36. The number of halogens is 4. The fourth-order valence-corrected chi connectivity index (χ4v) is 5.68. The van der Waals surface area contributed by atoms with E-state index in [2.05, 4.69) is 10.0 Å². The Bertz CT molecular complexity index is 1410. The van der Waals surface area contributed by atoms with Crippen molar-refractivity contribution in [3.05, 3.63) is 41.5 Å². The van der Waals surface area contributed by atoms with Crippen molar-refractivity contribution in [2.24, 2.45) is 7.05 Å². The lowest BCUT2D eigenvalue weighted by molar-refractivity contribution is -0.152. The van der Waals surface area contributed by atoms with Gasteiger partial charge in [0.2, 0.25) is 10.0 Å². The number of nitrogens with zero attached hydrogens (tertiary/aromatic N) is 2.